The topological polar surface area (TPSA) is 97.1 Å². The third kappa shape index (κ3) is 2.83. The molecule has 0 atom stereocenters. The number of hydrogen-bond acceptors (Lipinski definition) is 4. The van der Waals surface area contributed by atoms with Crippen molar-refractivity contribution in [3.63, 3.8) is 0 Å². The number of hydrogen-bond donors (Lipinski definition) is 2. The van der Waals surface area contributed by atoms with Crippen LogP contribution in [0.3, 0.4) is 0 Å². The predicted octanol–water partition coefficient (Wildman–Crippen LogP) is 0.807. The van der Waals surface area contributed by atoms with Crippen molar-refractivity contribution >= 4 is 11.9 Å². The summed E-state index contributed by atoms with van der Waals surface area (Å²) < 4.78 is 1.72. The highest BCUT2D eigenvalue weighted by Gasteiger charge is 2.56. The van der Waals surface area contributed by atoms with Gasteiger partial charge in [-0.1, -0.05) is 24.3 Å². The van der Waals surface area contributed by atoms with Crippen molar-refractivity contribution in [2.24, 2.45) is 5.41 Å². The Morgan fingerprint density at radius 3 is 2.45 bits per heavy atom. The van der Waals surface area contributed by atoms with Gasteiger partial charge in [0.1, 0.15) is 18.1 Å². The Labute approximate surface area is 127 Å². The summed E-state index contributed by atoms with van der Waals surface area (Å²) in [5.74, 6) is -1.43. The van der Waals surface area contributed by atoms with Crippen LogP contribution in [0.15, 0.2) is 36.9 Å². The third-order valence-electron chi connectivity index (χ3n) is 3.88. The Bertz CT molecular complexity index is 675. The molecule has 2 N–H and O–H groups in total. The Kier molecular flexibility index (Phi) is 3.62. The van der Waals surface area contributed by atoms with Crippen LogP contribution in [-0.2, 0) is 22.7 Å². The molecular weight excluding hydrogens is 284 g/mol. The highest BCUT2D eigenvalue weighted by molar-refractivity contribution is 6.04. The van der Waals surface area contributed by atoms with E-state index in [1.54, 1.807) is 11.0 Å². The van der Waals surface area contributed by atoms with Crippen LogP contribution in [0.1, 0.15) is 24.0 Å². The van der Waals surface area contributed by atoms with Gasteiger partial charge in [-0.3, -0.25) is 9.59 Å². The maximum Gasteiger partial charge on any atom is 0.319 e. The van der Waals surface area contributed by atoms with Crippen LogP contribution in [0.2, 0.25) is 0 Å². The first-order chi connectivity index (χ1) is 10.6. The second-order valence-electron chi connectivity index (χ2n) is 5.48. The molecule has 7 heteroatoms. The second kappa shape index (κ2) is 5.59. The third-order valence-corrected chi connectivity index (χ3v) is 3.88. The molecule has 1 fully saturated rings. The van der Waals surface area contributed by atoms with Crippen LogP contribution in [0.25, 0.3) is 0 Å². The van der Waals surface area contributed by atoms with Crippen LogP contribution in [0, 0.1) is 5.41 Å². The zero-order chi connectivity index (χ0) is 15.6. The van der Waals surface area contributed by atoms with Gasteiger partial charge in [0.15, 0.2) is 0 Å². The molecule has 7 nitrogen and oxygen atoms in total. The standard InChI is InChI=1S/C15H16N4O3/c20-13(15(5-6-15)14(21)22)17-7-11-1-3-12(4-2-11)8-19-10-16-9-18-19/h1-4,9-10H,5-8H2,(H,17,20)(H,21,22). The number of aliphatic carboxylic acids is 1. The van der Waals surface area contributed by atoms with E-state index in [1.807, 2.05) is 24.3 Å². The van der Waals surface area contributed by atoms with Crippen molar-refractivity contribution in [1.82, 2.24) is 20.1 Å². The molecule has 0 radical (unpaired) electrons. The summed E-state index contributed by atoms with van der Waals surface area (Å²) in [7, 11) is 0. The van der Waals surface area contributed by atoms with Crippen molar-refractivity contribution < 1.29 is 14.7 Å². The SMILES string of the molecule is O=C(O)C1(C(=O)NCc2ccc(Cn3cncn3)cc2)CC1. The molecule has 1 aliphatic rings. The van der Waals surface area contributed by atoms with E-state index >= 15 is 0 Å². The van der Waals surface area contributed by atoms with Gasteiger partial charge >= 0.3 is 5.97 Å². The van der Waals surface area contributed by atoms with E-state index in [1.165, 1.54) is 6.33 Å². The highest BCUT2D eigenvalue weighted by atomic mass is 16.4. The van der Waals surface area contributed by atoms with Gasteiger partial charge in [0.25, 0.3) is 0 Å². The zero-order valence-electron chi connectivity index (χ0n) is 11.9. The fraction of sp³-hybridized carbons (Fsp3) is 0.333. The Balaban J connectivity index is 1.55. The summed E-state index contributed by atoms with van der Waals surface area (Å²) in [6, 6.07) is 7.72. The second-order valence-corrected chi connectivity index (χ2v) is 5.48. The number of benzene rings is 1. The summed E-state index contributed by atoms with van der Waals surface area (Å²) in [4.78, 5) is 26.9. The van der Waals surface area contributed by atoms with Gasteiger partial charge in [-0.05, 0) is 24.0 Å². The van der Waals surface area contributed by atoms with Gasteiger partial charge in [-0.15, -0.1) is 0 Å². The zero-order valence-corrected chi connectivity index (χ0v) is 11.9. The lowest BCUT2D eigenvalue weighted by atomic mass is 10.1. The largest absolute Gasteiger partial charge is 0.480 e. The fourth-order valence-corrected chi connectivity index (χ4v) is 2.28. The number of carbonyl (C=O) groups excluding carboxylic acids is 1. The summed E-state index contributed by atoms with van der Waals surface area (Å²) in [5, 5.41) is 15.8. The molecule has 0 spiro atoms. The number of aromatic nitrogens is 3. The van der Waals surface area contributed by atoms with Gasteiger partial charge in [0.2, 0.25) is 5.91 Å². The molecule has 22 heavy (non-hydrogen) atoms. The molecule has 2 aromatic rings. The number of carboxylic acids is 1. The number of carboxylic acid groups (broad SMARTS) is 1. The van der Waals surface area contributed by atoms with E-state index < -0.39 is 17.3 Å². The van der Waals surface area contributed by atoms with E-state index in [0.717, 1.165) is 11.1 Å². The number of carbonyl (C=O) groups is 2. The van der Waals surface area contributed by atoms with Gasteiger partial charge < -0.3 is 10.4 Å². The number of rotatable bonds is 6. The first kappa shape index (κ1) is 14.2. The summed E-state index contributed by atoms with van der Waals surface area (Å²) in [5.41, 5.74) is 0.814. The van der Waals surface area contributed by atoms with Gasteiger partial charge in [-0.25, -0.2) is 9.67 Å². The summed E-state index contributed by atoms with van der Waals surface area (Å²) in [6.45, 7) is 0.965. The first-order valence-corrected chi connectivity index (χ1v) is 7.02. The average Bonchev–Trinajstić information content (AvgIpc) is 3.19. The Hall–Kier alpha value is -2.70. The Morgan fingerprint density at radius 2 is 1.91 bits per heavy atom. The van der Waals surface area contributed by atoms with Crippen LogP contribution in [0.5, 0.6) is 0 Å². The molecule has 1 aliphatic carbocycles. The molecule has 1 saturated carbocycles. The maximum absolute atomic E-state index is 11.9. The van der Waals surface area contributed by atoms with Crippen molar-refractivity contribution in [2.45, 2.75) is 25.9 Å². The monoisotopic (exact) mass is 300 g/mol. The molecule has 1 aromatic heterocycles. The minimum absolute atomic E-state index is 0.331. The van der Waals surface area contributed by atoms with Crippen LogP contribution in [0.4, 0.5) is 0 Å². The Morgan fingerprint density at radius 1 is 1.23 bits per heavy atom. The van der Waals surface area contributed by atoms with E-state index in [9.17, 15) is 9.59 Å². The lowest BCUT2D eigenvalue weighted by Crippen LogP contribution is -2.36. The van der Waals surface area contributed by atoms with E-state index in [4.69, 9.17) is 5.11 Å². The minimum atomic E-state index is -1.19. The van der Waals surface area contributed by atoms with E-state index in [-0.39, 0.29) is 0 Å². The van der Waals surface area contributed by atoms with Crippen molar-refractivity contribution in [1.29, 1.82) is 0 Å². The van der Waals surface area contributed by atoms with Crippen LogP contribution >= 0.6 is 0 Å². The number of amides is 1. The van der Waals surface area contributed by atoms with Crippen LogP contribution in [-0.4, -0.2) is 31.7 Å². The first-order valence-electron chi connectivity index (χ1n) is 7.02. The number of nitrogens with zero attached hydrogens (tertiary/aromatic N) is 3. The van der Waals surface area contributed by atoms with Crippen molar-refractivity contribution in [3.05, 3.63) is 48.0 Å². The predicted molar refractivity (Wildman–Crippen MR) is 76.7 cm³/mol. The molecule has 0 aliphatic heterocycles. The molecule has 3 rings (SSSR count). The molecule has 0 unspecified atom stereocenters. The van der Waals surface area contributed by atoms with Crippen molar-refractivity contribution in [2.75, 3.05) is 0 Å². The van der Waals surface area contributed by atoms with Crippen LogP contribution < -0.4 is 5.32 Å². The van der Waals surface area contributed by atoms with E-state index in [2.05, 4.69) is 15.4 Å². The van der Waals surface area contributed by atoms with Gasteiger partial charge in [0.05, 0.1) is 6.54 Å². The molecule has 1 aromatic carbocycles. The lowest BCUT2D eigenvalue weighted by molar-refractivity contribution is -0.149. The minimum Gasteiger partial charge on any atom is -0.480 e. The molecule has 1 amide bonds. The number of nitrogens with one attached hydrogen (secondary N) is 1. The lowest BCUT2D eigenvalue weighted by Gasteiger charge is -2.11. The summed E-state index contributed by atoms with van der Waals surface area (Å²) in [6.07, 6.45) is 3.98. The van der Waals surface area contributed by atoms with Gasteiger partial charge in [0, 0.05) is 6.54 Å². The summed E-state index contributed by atoms with van der Waals surface area (Å²) >= 11 is 0. The maximum atomic E-state index is 11.9. The van der Waals surface area contributed by atoms with Crippen molar-refractivity contribution in [3.8, 4) is 0 Å². The quantitative estimate of drug-likeness (QED) is 0.769. The molecule has 114 valence electrons. The molecular formula is C15H16N4O3. The smallest absolute Gasteiger partial charge is 0.319 e. The average molecular weight is 300 g/mol. The fourth-order valence-electron chi connectivity index (χ4n) is 2.28. The van der Waals surface area contributed by atoms with Gasteiger partial charge in [-0.2, -0.15) is 5.10 Å². The molecule has 0 bridgehead atoms. The molecule has 0 saturated heterocycles. The highest BCUT2D eigenvalue weighted by Crippen LogP contribution is 2.46. The molecule has 1 heterocycles. The van der Waals surface area contributed by atoms with E-state index in [0.29, 0.717) is 25.9 Å². The normalized spacial score (nSPS) is 15.3.